The van der Waals surface area contributed by atoms with E-state index in [1.54, 1.807) is 34.2 Å². The molecule has 6 nitrogen and oxygen atoms in total. The van der Waals surface area contributed by atoms with E-state index in [0.29, 0.717) is 34.5 Å². The summed E-state index contributed by atoms with van der Waals surface area (Å²) in [5.41, 5.74) is 10.5. The Bertz CT molecular complexity index is 1300. The first-order chi connectivity index (χ1) is 15.1. The van der Waals surface area contributed by atoms with Gasteiger partial charge in [-0.3, -0.25) is 4.79 Å². The Kier molecular flexibility index (Phi) is 5.96. The zero-order valence-corrected chi connectivity index (χ0v) is 17.7. The van der Waals surface area contributed by atoms with Gasteiger partial charge in [-0.05, 0) is 47.0 Å². The van der Waals surface area contributed by atoms with Crippen LogP contribution in [0.5, 0.6) is 0 Å². The number of halogens is 1. The Balaban J connectivity index is 1.64. The van der Waals surface area contributed by atoms with Crippen LogP contribution in [0.4, 0.5) is 10.2 Å². The summed E-state index contributed by atoms with van der Waals surface area (Å²) in [4.78, 5) is 20.8. The number of hydrogen-bond acceptors (Lipinski definition) is 5. The van der Waals surface area contributed by atoms with Gasteiger partial charge in [0.1, 0.15) is 24.5 Å². The largest absolute Gasteiger partial charge is 0.383 e. The predicted molar refractivity (Wildman–Crippen MR) is 121 cm³/mol. The molecule has 0 spiro atoms. The molecule has 4 aromatic rings. The topological polar surface area (TPSA) is 85.8 Å². The summed E-state index contributed by atoms with van der Waals surface area (Å²) in [7, 11) is 0. The van der Waals surface area contributed by atoms with Crippen molar-refractivity contribution in [2.24, 2.45) is 0 Å². The van der Waals surface area contributed by atoms with Gasteiger partial charge in [-0.2, -0.15) is 11.3 Å². The van der Waals surface area contributed by atoms with Crippen molar-refractivity contribution in [2.75, 3.05) is 12.4 Å². The number of fused-ring (bicyclic) bond motifs is 1. The molecule has 3 N–H and O–H groups in total. The molecule has 0 fully saturated rings. The third-order valence-corrected chi connectivity index (χ3v) is 5.61. The number of hydrogen-bond donors (Lipinski definition) is 2. The number of carbonyl (C=O) groups excluding carboxylic acids is 1. The highest BCUT2D eigenvalue weighted by Gasteiger charge is 2.12. The second kappa shape index (κ2) is 8.98. The van der Waals surface area contributed by atoms with Crippen LogP contribution < -0.4 is 11.1 Å². The fourth-order valence-corrected chi connectivity index (χ4v) is 3.88. The van der Waals surface area contributed by atoms with Crippen LogP contribution in [-0.2, 0) is 13.1 Å². The average Bonchev–Trinajstić information content (AvgIpc) is 3.41. The minimum atomic E-state index is -0.526. The van der Waals surface area contributed by atoms with E-state index in [1.165, 1.54) is 6.33 Å². The van der Waals surface area contributed by atoms with E-state index >= 15 is 0 Å². The van der Waals surface area contributed by atoms with E-state index < -0.39 is 6.67 Å². The zero-order valence-electron chi connectivity index (χ0n) is 16.9. The summed E-state index contributed by atoms with van der Waals surface area (Å²) in [6, 6.07) is 7.40. The molecule has 0 aliphatic heterocycles. The number of aromatic nitrogens is 3. The lowest BCUT2D eigenvalue weighted by molar-refractivity contribution is 0.0951. The number of nitrogens with one attached hydrogen (secondary N) is 1. The molecule has 31 heavy (non-hydrogen) atoms. The number of carbonyl (C=O) groups is 1. The first-order valence-corrected chi connectivity index (χ1v) is 10.6. The van der Waals surface area contributed by atoms with Crippen molar-refractivity contribution in [1.82, 2.24) is 19.9 Å². The van der Waals surface area contributed by atoms with Crippen LogP contribution in [0.3, 0.4) is 0 Å². The summed E-state index contributed by atoms with van der Waals surface area (Å²) in [5.74, 6) is 6.36. The maximum atomic E-state index is 12.9. The summed E-state index contributed by atoms with van der Waals surface area (Å²) >= 11 is 1.59. The monoisotopic (exact) mass is 433 g/mol. The number of benzene rings is 1. The van der Waals surface area contributed by atoms with E-state index in [-0.39, 0.29) is 12.5 Å². The van der Waals surface area contributed by atoms with E-state index in [0.717, 1.165) is 16.7 Å². The van der Waals surface area contributed by atoms with E-state index in [4.69, 9.17) is 5.73 Å². The molecule has 0 bridgehead atoms. The van der Waals surface area contributed by atoms with Crippen molar-refractivity contribution in [1.29, 1.82) is 0 Å². The predicted octanol–water partition coefficient (Wildman–Crippen LogP) is 3.68. The number of aryl methyl sites for hydroxylation is 2. The number of thiophene rings is 1. The molecule has 0 atom stereocenters. The number of nitrogen functional groups attached to an aromatic ring is 1. The van der Waals surface area contributed by atoms with Gasteiger partial charge in [0.2, 0.25) is 0 Å². The van der Waals surface area contributed by atoms with Gasteiger partial charge in [-0.15, -0.1) is 0 Å². The van der Waals surface area contributed by atoms with Crippen LogP contribution in [0.1, 0.15) is 32.6 Å². The average molecular weight is 434 g/mol. The van der Waals surface area contributed by atoms with Crippen LogP contribution in [0.15, 0.2) is 47.5 Å². The zero-order chi connectivity index (χ0) is 21.8. The Morgan fingerprint density at radius 2 is 2.10 bits per heavy atom. The van der Waals surface area contributed by atoms with Crippen LogP contribution in [0.25, 0.3) is 11.0 Å². The summed E-state index contributed by atoms with van der Waals surface area (Å²) < 4.78 is 14.6. The second-order valence-electron chi connectivity index (χ2n) is 6.98. The van der Waals surface area contributed by atoms with E-state index in [9.17, 15) is 9.18 Å². The first kappa shape index (κ1) is 20.6. The highest BCUT2D eigenvalue weighted by Crippen LogP contribution is 2.23. The van der Waals surface area contributed by atoms with Gasteiger partial charge >= 0.3 is 0 Å². The highest BCUT2D eigenvalue weighted by atomic mass is 32.1. The second-order valence-corrected chi connectivity index (χ2v) is 7.76. The minimum absolute atomic E-state index is 0.160. The SMILES string of the molecule is Cc1ccc(C(=O)NCc2ccsc2)cc1C#Cc1cn(CCF)c2ncnc(N)c12. The lowest BCUT2D eigenvalue weighted by atomic mass is 10.0. The number of rotatable bonds is 5. The van der Waals surface area contributed by atoms with Crippen molar-refractivity contribution in [3.8, 4) is 11.8 Å². The van der Waals surface area contributed by atoms with Crippen molar-refractivity contribution < 1.29 is 9.18 Å². The molecular formula is C23H20FN5OS. The molecule has 1 amide bonds. The standard InChI is InChI=1S/C23H20FN5OS/c1-15-2-3-18(23(30)26-11-16-6-9-31-13-16)10-17(15)4-5-19-12-29(8-7-24)22-20(19)21(25)27-14-28-22/h2-3,6,9-10,12-14H,7-8,11H2,1H3,(H,26,30)(H2,25,27,28). The van der Waals surface area contributed by atoms with Gasteiger partial charge < -0.3 is 15.6 Å². The van der Waals surface area contributed by atoms with Gasteiger partial charge in [0.15, 0.2) is 0 Å². The van der Waals surface area contributed by atoms with Crippen molar-refractivity contribution in [3.05, 3.63) is 75.4 Å². The molecule has 156 valence electrons. The molecule has 1 aromatic carbocycles. The molecule has 0 saturated heterocycles. The number of alkyl halides is 1. The molecule has 0 aliphatic carbocycles. The van der Waals surface area contributed by atoms with E-state index in [2.05, 4.69) is 27.1 Å². The van der Waals surface area contributed by atoms with Crippen LogP contribution in [-0.4, -0.2) is 27.1 Å². The van der Waals surface area contributed by atoms with Crippen LogP contribution >= 0.6 is 11.3 Å². The molecule has 0 aliphatic rings. The normalized spacial score (nSPS) is 10.6. The Morgan fingerprint density at radius 3 is 2.87 bits per heavy atom. The number of nitrogens with two attached hydrogens (primary N) is 1. The minimum Gasteiger partial charge on any atom is -0.383 e. The number of nitrogens with zero attached hydrogens (tertiary/aromatic N) is 3. The first-order valence-electron chi connectivity index (χ1n) is 9.64. The summed E-state index contributed by atoms with van der Waals surface area (Å²) in [5, 5.41) is 7.50. The third-order valence-electron chi connectivity index (χ3n) is 4.87. The quantitative estimate of drug-likeness (QED) is 0.470. The summed E-state index contributed by atoms with van der Waals surface area (Å²) in [6.07, 6.45) is 3.08. The van der Waals surface area contributed by atoms with Gasteiger partial charge in [-0.1, -0.05) is 17.9 Å². The molecule has 0 saturated carbocycles. The lowest BCUT2D eigenvalue weighted by Gasteiger charge is -2.06. The van der Waals surface area contributed by atoms with Crippen molar-refractivity contribution >= 4 is 34.1 Å². The maximum Gasteiger partial charge on any atom is 0.251 e. The molecule has 0 unspecified atom stereocenters. The Hall–Kier alpha value is -3.70. The Labute approximate surface area is 182 Å². The van der Waals surface area contributed by atoms with Crippen LogP contribution in [0.2, 0.25) is 0 Å². The fourth-order valence-electron chi connectivity index (χ4n) is 3.21. The van der Waals surface area contributed by atoms with Crippen molar-refractivity contribution in [2.45, 2.75) is 20.0 Å². The highest BCUT2D eigenvalue weighted by molar-refractivity contribution is 7.07. The molecule has 0 radical (unpaired) electrons. The van der Waals surface area contributed by atoms with Gasteiger partial charge in [-0.25, -0.2) is 14.4 Å². The van der Waals surface area contributed by atoms with Crippen molar-refractivity contribution in [3.63, 3.8) is 0 Å². The number of anilines is 1. The Morgan fingerprint density at radius 1 is 1.26 bits per heavy atom. The molecule has 4 rings (SSSR count). The molecule has 8 heteroatoms. The smallest absolute Gasteiger partial charge is 0.251 e. The maximum absolute atomic E-state index is 12.9. The van der Waals surface area contributed by atoms with Gasteiger partial charge in [0.25, 0.3) is 5.91 Å². The van der Waals surface area contributed by atoms with Gasteiger partial charge in [0, 0.05) is 23.9 Å². The molecular weight excluding hydrogens is 413 g/mol. The van der Waals surface area contributed by atoms with Crippen LogP contribution in [0, 0.1) is 18.8 Å². The summed E-state index contributed by atoms with van der Waals surface area (Å²) in [6.45, 7) is 2.04. The van der Waals surface area contributed by atoms with Gasteiger partial charge in [0.05, 0.1) is 17.5 Å². The number of amides is 1. The molecule has 3 aromatic heterocycles. The molecule has 3 heterocycles. The fraction of sp³-hybridized carbons (Fsp3) is 0.174. The lowest BCUT2D eigenvalue weighted by Crippen LogP contribution is -2.22. The third kappa shape index (κ3) is 4.42. The van der Waals surface area contributed by atoms with E-state index in [1.807, 2.05) is 29.8 Å².